The molecule has 3 nitrogen and oxygen atoms in total. The van der Waals surface area contributed by atoms with Gasteiger partial charge in [-0.1, -0.05) is 0 Å². The SMILES string of the molecule is O=C(O)C(=O)c1cc(Br)sc1Br. The summed E-state index contributed by atoms with van der Waals surface area (Å²) in [5.41, 5.74) is 0.180. The van der Waals surface area contributed by atoms with Crippen molar-refractivity contribution in [3.63, 3.8) is 0 Å². The second-order valence-electron chi connectivity index (χ2n) is 1.87. The Morgan fingerprint density at radius 1 is 1.42 bits per heavy atom. The number of carboxylic acid groups (broad SMARTS) is 1. The second kappa shape index (κ2) is 3.68. The van der Waals surface area contributed by atoms with Gasteiger partial charge in [0, 0.05) is 0 Å². The van der Waals surface area contributed by atoms with Gasteiger partial charge in [0.1, 0.15) is 0 Å². The van der Waals surface area contributed by atoms with Crippen molar-refractivity contribution in [3.05, 3.63) is 19.2 Å². The van der Waals surface area contributed by atoms with Crippen LogP contribution in [0.15, 0.2) is 13.6 Å². The van der Waals surface area contributed by atoms with Crippen LogP contribution in [-0.2, 0) is 4.79 Å². The van der Waals surface area contributed by atoms with E-state index in [0.29, 0.717) is 3.79 Å². The van der Waals surface area contributed by atoms with Crippen molar-refractivity contribution in [1.82, 2.24) is 0 Å². The summed E-state index contributed by atoms with van der Waals surface area (Å²) >= 11 is 7.50. The number of hydrogen-bond donors (Lipinski definition) is 1. The summed E-state index contributed by atoms with van der Waals surface area (Å²) < 4.78 is 1.25. The van der Waals surface area contributed by atoms with Gasteiger partial charge in [0.15, 0.2) is 0 Å². The van der Waals surface area contributed by atoms with Crippen molar-refractivity contribution in [2.75, 3.05) is 0 Å². The number of carboxylic acids is 1. The highest BCUT2D eigenvalue weighted by Gasteiger charge is 2.19. The Bertz CT molecular complexity index is 345. The Morgan fingerprint density at radius 3 is 2.33 bits per heavy atom. The maximum absolute atomic E-state index is 10.9. The van der Waals surface area contributed by atoms with Crippen molar-refractivity contribution in [1.29, 1.82) is 0 Å². The Balaban J connectivity index is 3.11. The van der Waals surface area contributed by atoms with Crippen molar-refractivity contribution in [2.24, 2.45) is 0 Å². The highest BCUT2D eigenvalue weighted by Crippen LogP contribution is 2.31. The number of carbonyl (C=O) groups is 2. The number of rotatable bonds is 2. The van der Waals surface area contributed by atoms with E-state index in [4.69, 9.17) is 5.11 Å². The molecule has 1 aromatic heterocycles. The molecule has 0 amide bonds. The Hall–Kier alpha value is -0.200. The predicted octanol–water partition coefficient (Wildman–Crippen LogP) is 2.54. The van der Waals surface area contributed by atoms with Gasteiger partial charge in [-0.3, -0.25) is 4.79 Å². The predicted molar refractivity (Wildman–Crippen MR) is 51.7 cm³/mol. The van der Waals surface area contributed by atoms with E-state index in [9.17, 15) is 9.59 Å². The molecule has 1 aromatic rings. The minimum Gasteiger partial charge on any atom is -0.475 e. The first-order chi connectivity index (χ1) is 5.52. The summed E-state index contributed by atoms with van der Waals surface area (Å²) in [6.45, 7) is 0. The number of Topliss-reactive ketones (excluding diaryl/α,β-unsaturated/α-hetero) is 1. The van der Waals surface area contributed by atoms with Crippen LogP contribution in [0, 0.1) is 0 Å². The highest BCUT2D eigenvalue weighted by atomic mass is 79.9. The fourth-order valence-corrected chi connectivity index (χ4v) is 3.40. The van der Waals surface area contributed by atoms with E-state index in [1.807, 2.05) is 0 Å². The molecule has 0 saturated carbocycles. The summed E-state index contributed by atoms with van der Waals surface area (Å²) in [6.07, 6.45) is 0. The molecule has 64 valence electrons. The van der Waals surface area contributed by atoms with Gasteiger partial charge < -0.3 is 5.11 Å². The molecule has 12 heavy (non-hydrogen) atoms. The van der Waals surface area contributed by atoms with Crippen LogP contribution < -0.4 is 0 Å². The molecule has 0 unspecified atom stereocenters. The zero-order chi connectivity index (χ0) is 9.30. The van der Waals surface area contributed by atoms with Crippen LogP contribution in [-0.4, -0.2) is 16.9 Å². The van der Waals surface area contributed by atoms with E-state index >= 15 is 0 Å². The lowest BCUT2D eigenvalue weighted by Crippen LogP contribution is -2.11. The second-order valence-corrected chi connectivity index (χ2v) is 5.62. The molecule has 1 rings (SSSR count). The molecular formula is C6H2Br2O3S. The normalized spacial score (nSPS) is 9.83. The Labute approximate surface area is 88.7 Å². The lowest BCUT2D eigenvalue weighted by atomic mass is 10.2. The molecule has 0 spiro atoms. The Kier molecular flexibility index (Phi) is 3.03. The van der Waals surface area contributed by atoms with Gasteiger partial charge in [0.25, 0.3) is 5.78 Å². The zero-order valence-corrected chi connectivity index (χ0v) is 9.49. The van der Waals surface area contributed by atoms with Crippen LogP contribution >= 0.6 is 43.2 Å². The zero-order valence-electron chi connectivity index (χ0n) is 5.51. The van der Waals surface area contributed by atoms with E-state index in [1.165, 1.54) is 17.4 Å². The van der Waals surface area contributed by atoms with Crippen LogP contribution in [0.2, 0.25) is 0 Å². The molecule has 6 heteroatoms. The third-order valence-electron chi connectivity index (χ3n) is 1.10. The largest absolute Gasteiger partial charge is 0.475 e. The van der Waals surface area contributed by atoms with E-state index in [1.54, 1.807) is 0 Å². The van der Waals surface area contributed by atoms with Crippen LogP contribution in [0.1, 0.15) is 10.4 Å². The fraction of sp³-hybridized carbons (Fsp3) is 0. The molecule has 0 aromatic carbocycles. The number of carbonyl (C=O) groups excluding carboxylic acids is 1. The van der Waals surface area contributed by atoms with Gasteiger partial charge in [-0.05, 0) is 37.9 Å². The average Bonchev–Trinajstić information content (AvgIpc) is 2.28. The molecule has 0 aliphatic heterocycles. The molecule has 1 N–H and O–H groups in total. The molecule has 0 saturated heterocycles. The maximum Gasteiger partial charge on any atom is 0.377 e. The van der Waals surface area contributed by atoms with E-state index < -0.39 is 11.8 Å². The average molecular weight is 314 g/mol. The van der Waals surface area contributed by atoms with E-state index in [2.05, 4.69) is 31.9 Å². The third-order valence-corrected chi connectivity index (χ3v) is 3.43. The van der Waals surface area contributed by atoms with Crippen LogP contribution in [0.4, 0.5) is 0 Å². The molecule has 1 heterocycles. The number of hydrogen-bond acceptors (Lipinski definition) is 3. The quantitative estimate of drug-likeness (QED) is 0.674. The molecule has 0 radical (unpaired) electrons. The van der Waals surface area contributed by atoms with Crippen LogP contribution in [0.5, 0.6) is 0 Å². The van der Waals surface area contributed by atoms with Gasteiger partial charge in [0.2, 0.25) is 0 Å². The lowest BCUT2D eigenvalue weighted by Gasteiger charge is -1.89. The first-order valence-electron chi connectivity index (χ1n) is 2.75. The summed E-state index contributed by atoms with van der Waals surface area (Å²) in [5, 5.41) is 8.39. The van der Waals surface area contributed by atoms with Crippen LogP contribution in [0.25, 0.3) is 0 Å². The summed E-state index contributed by atoms with van der Waals surface area (Å²) in [5.74, 6) is -2.34. The minimum absolute atomic E-state index is 0.180. The number of halogens is 2. The molecule has 0 atom stereocenters. The van der Waals surface area contributed by atoms with Crippen molar-refractivity contribution in [3.8, 4) is 0 Å². The molecule has 0 bridgehead atoms. The summed E-state index contributed by atoms with van der Waals surface area (Å²) in [6, 6.07) is 1.48. The standard InChI is InChI=1S/C6H2Br2O3S/c7-3-1-2(5(8)12-3)4(9)6(10)11/h1H,(H,10,11). The van der Waals surface area contributed by atoms with Crippen LogP contribution in [0.3, 0.4) is 0 Å². The molecular weight excluding hydrogens is 312 g/mol. The first kappa shape index (κ1) is 9.88. The van der Waals surface area contributed by atoms with Gasteiger partial charge in [-0.2, -0.15) is 0 Å². The van der Waals surface area contributed by atoms with Gasteiger partial charge in [0.05, 0.1) is 13.1 Å². The third kappa shape index (κ3) is 1.94. The number of thiophene rings is 1. The summed E-state index contributed by atoms with van der Waals surface area (Å²) in [7, 11) is 0. The van der Waals surface area contributed by atoms with Crippen molar-refractivity contribution in [2.45, 2.75) is 0 Å². The minimum atomic E-state index is -1.44. The highest BCUT2D eigenvalue weighted by molar-refractivity contribution is 9.12. The van der Waals surface area contributed by atoms with Gasteiger partial charge in [-0.25, -0.2) is 4.79 Å². The molecule has 0 fully saturated rings. The number of ketones is 1. The van der Waals surface area contributed by atoms with Gasteiger partial charge >= 0.3 is 5.97 Å². The monoisotopic (exact) mass is 312 g/mol. The smallest absolute Gasteiger partial charge is 0.377 e. The topological polar surface area (TPSA) is 54.4 Å². The number of aliphatic carboxylic acids is 1. The van der Waals surface area contributed by atoms with Crippen molar-refractivity contribution >= 4 is 54.9 Å². The fourth-order valence-electron chi connectivity index (χ4n) is 0.610. The summed E-state index contributed by atoms with van der Waals surface area (Å²) in [4.78, 5) is 21.2. The Morgan fingerprint density at radius 2 is 2.00 bits per heavy atom. The van der Waals surface area contributed by atoms with E-state index in [0.717, 1.165) is 3.79 Å². The molecule has 0 aliphatic rings. The first-order valence-corrected chi connectivity index (χ1v) is 5.15. The molecule has 0 aliphatic carbocycles. The van der Waals surface area contributed by atoms with Gasteiger partial charge in [-0.15, -0.1) is 11.3 Å². The maximum atomic E-state index is 10.9. The van der Waals surface area contributed by atoms with E-state index in [-0.39, 0.29) is 5.56 Å². The van der Waals surface area contributed by atoms with Crippen molar-refractivity contribution < 1.29 is 14.7 Å². The lowest BCUT2D eigenvalue weighted by molar-refractivity contribution is -0.131.